The van der Waals surface area contributed by atoms with Crippen LogP contribution >= 0.6 is 12.4 Å². The zero-order valence-electron chi connectivity index (χ0n) is 13.5. The molecule has 6 heteroatoms. The molecule has 5 nitrogen and oxygen atoms in total. The standard InChI is InChI=1S/C17H24N2O3.ClH/c1-21-11-9-18-7-8-19-16(20)14-12-17(14)6-10-22-15-5-3-2-4-13(15)17;/h2-5,14,18H,6-12H2,1H3,(H,19,20);1H. The summed E-state index contributed by atoms with van der Waals surface area (Å²) in [7, 11) is 1.68. The zero-order chi connectivity index (χ0) is 15.4. The van der Waals surface area contributed by atoms with Gasteiger partial charge in [-0.2, -0.15) is 0 Å². The van der Waals surface area contributed by atoms with Crippen LogP contribution in [0.3, 0.4) is 0 Å². The van der Waals surface area contributed by atoms with Crippen molar-refractivity contribution < 1.29 is 14.3 Å². The van der Waals surface area contributed by atoms with Gasteiger partial charge in [0.2, 0.25) is 5.91 Å². The Balaban J connectivity index is 0.00000192. The fourth-order valence-electron chi connectivity index (χ4n) is 3.40. The molecule has 1 heterocycles. The van der Waals surface area contributed by atoms with Crippen LogP contribution in [0.1, 0.15) is 18.4 Å². The van der Waals surface area contributed by atoms with E-state index in [0.717, 1.165) is 31.7 Å². The predicted molar refractivity (Wildman–Crippen MR) is 91.3 cm³/mol. The predicted octanol–water partition coefficient (Wildman–Crippen LogP) is 1.50. The fourth-order valence-corrected chi connectivity index (χ4v) is 3.40. The number of fused-ring (bicyclic) bond motifs is 2. The topological polar surface area (TPSA) is 59.6 Å². The van der Waals surface area contributed by atoms with E-state index in [1.165, 1.54) is 5.56 Å². The molecule has 1 aliphatic heterocycles. The van der Waals surface area contributed by atoms with Crippen LogP contribution in [0.4, 0.5) is 0 Å². The molecule has 0 aromatic heterocycles. The summed E-state index contributed by atoms with van der Waals surface area (Å²) in [5.74, 6) is 1.21. The summed E-state index contributed by atoms with van der Waals surface area (Å²) >= 11 is 0. The molecule has 2 aliphatic rings. The lowest BCUT2D eigenvalue weighted by Crippen LogP contribution is -2.36. The number of para-hydroxylation sites is 1. The number of benzene rings is 1. The Labute approximate surface area is 143 Å². The number of rotatable bonds is 7. The molecule has 1 amide bonds. The molecule has 3 rings (SSSR count). The molecule has 1 aromatic rings. The van der Waals surface area contributed by atoms with Gasteiger partial charge in [-0.05, 0) is 18.9 Å². The number of carbonyl (C=O) groups excluding carboxylic acids is 1. The van der Waals surface area contributed by atoms with Crippen LogP contribution in [0.5, 0.6) is 5.75 Å². The molecule has 2 unspecified atom stereocenters. The molecule has 1 saturated carbocycles. The first-order valence-electron chi connectivity index (χ1n) is 7.97. The highest BCUT2D eigenvalue weighted by atomic mass is 35.5. The number of nitrogens with one attached hydrogen (secondary N) is 2. The maximum atomic E-state index is 12.4. The van der Waals surface area contributed by atoms with Crippen molar-refractivity contribution >= 4 is 18.3 Å². The molecule has 1 spiro atoms. The van der Waals surface area contributed by atoms with Gasteiger partial charge >= 0.3 is 0 Å². The molecule has 128 valence electrons. The first-order chi connectivity index (χ1) is 10.8. The molecule has 0 bridgehead atoms. The molecular formula is C17H25ClN2O3. The summed E-state index contributed by atoms with van der Waals surface area (Å²) in [6.45, 7) is 3.64. The summed E-state index contributed by atoms with van der Waals surface area (Å²) in [6, 6.07) is 8.13. The van der Waals surface area contributed by atoms with Crippen molar-refractivity contribution in [1.82, 2.24) is 10.6 Å². The van der Waals surface area contributed by atoms with Crippen molar-refractivity contribution in [2.45, 2.75) is 18.3 Å². The quantitative estimate of drug-likeness (QED) is 0.739. The molecule has 1 aromatic carbocycles. The fraction of sp³-hybridized carbons (Fsp3) is 0.588. The van der Waals surface area contributed by atoms with Crippen molar-refractivity contribution in [3.8, 4) is 5.75 Å². The Morgan fingerprint density at radius 3 is 3.00 bits per heavy atom. The molecule has 1 aliphatic carbocycles. The Morgan fingerprint density at radius 1 is 1.35 bits per heavy atom. The maximum Gasteiger partial charge on any atom is 0.224 e. The van der Waals surface area contributed by atoms with Crippen LogP contribution in [0, 0.1) is 5.92 Å². The van der Waals surface area contributed by atoms with Gasteiger partial charge in [-0.3, -0.25) is 4.79 Å². The SMILES string of the molecule is COCCNCCNC(=O)C1CC12CCOc1ccccc12.Cl. The van der Waals surface area contributed by atoms with E-state index in [1.54, 1.807) is 7.11 Å². The summed E-state index contributed by atoms with van der Waals surface area (Å²) in [5.41, 5.74) is 1.22. The van der Waals surface area contributed by atoms with E-state index >= 15 is 0 Å². The van der Waals surface area contributed by atoms with E-state index in [1.807, 2.05) is 18.2 Å². The molecule has 0 saturated heterocycles. The van der Waals surface area contributed by atoms with Crippen LogP contribution in [-0.2, 0) is 14.9 Å². The second-order valence-corrected chi connectivity index (χ2v) is 6.04. The van der Waals surface area contributed by atoms with E-state index in [4.69, 9.17) is 9.47 Å². The summed E-state index contributed by atoms with van der Waals surface area (Å²) in [4.78, 5) is 12.4. The number of ether oxygens (including phenoxy) is 2. The maximum absolute atomic E-state index is 12.4. The van der Waals surface area contributed by atoms with Crippen LogP contribution in [0.25, 0.3) is 0 Å². The molecule has 2 N–H and O–H groups in total. The Morgan fingerprint density at radius 2 is 2.17 bits per heavy atom. The van der Waals surface area contributed by atoms with Crippen molar-refractivity contribution in [3.63, 3.8) is 0 Å². The van der Waals surface area contributed by atoms with Gasteiger partial charge in [0.15, 0.2) is 0 Å². The Bertz CT molecular complexity index is 540. The smallest absolute Gasteiger partial charge is 0.224 e. The normalized spacial score (nSPS) is 24.3. The van der Waals surface area contributed by atoms with Gasteiger partial charge in [0, 0.05) is 43.6 Å². The molecular weight excluding hydrogens is 316 g/mol. The molecule has 0 radical (unpaired) electrons. The van der Waals surface area contributed by atoms with Crippen LogP contribution < -0.4 is 15.4 Å². The highest BCUT2D eigenvalue weighted by Gasteiger charge is 2.60. The lowest BCUT2D eigenvalue weighted by atomic mass is 9.87. The second kappa shape index (κ2) is 7.99. The van der Waals surface area contributed by atoms with Crippen LogP contribution in [-0.4, -0.2) is 45.9 Å². The van der Waals surface area contributed by atoms with E-state index in [-0.39, 0.29) is 29.6 Å². The monoisotopic (exact) mass is 340 g/mol. The summed E-state index contributed by atoms with van der Waals surface area (Å²) in [5, 5.41) is 6.27. The van der Waals surface area contributed by atoms with E-state index in [2.05, 4.69) is 16.7 Å². The molecule has 1 fully saturated rings. The van der Waals surface area contributed by atoms with E-state index in [0.29, 0.717) is 19.8 Å². The number of halogens is 1. The highest BCUT2D eigenvalue weighted by molar-refractivity contribution is 5.85. The zero-order valence-corrected chi connectivity index (χ0v) is 14.3. The second-order valence-electron chi connectivity index (χ2n) is 6.04. The number of methoxy groups -OCH3 is 1. The third kappa shape index (κ3) is 3.79. The third-order valence-corrected chi connectivity index (χ3v) is 4.70. The summed E-state index contributed by atoms with van der Waals surface area (Å²) < 4.78 is 10.7. The minimum absolute atomic E-state index is 0. The molecule has 2 atom stereocenters. The molecule has 23 heavy (non-hydrogen) atoms. The van der Waals surface area contributed by atoms with E-state index in [9.17, 15) is 4.79 Å². The minimum atomic E-state index is 0. The number of carbonyl (C=O) groups is 1. The first-order valence-corrected chi connectivity index (χ1v) is 7.97. The Hall–Kier alpha value is -1.30. The lowest BCUT2D eigenvalue weighted by Gasteiger charge is -2.26. The van der Waals surface area contributed by atoms with Crippen molar-refractivity contribution in [2.24, 2.45) is 5.92 Å². The van der Waals surface area contributed by atoms with Gasteiger partial charge in [0.05, 0.1) is 13.2 Å². The number of hydrogen-bond acceptors (Lipinski definition) is 4. The number of hydrogen-bond donors (Lipinski definition) is 2. The van der Waals surface area contributed by atoms with Crippen LogP contribution in [0.15, 0.2) is 24.3 Å². The largest absolute Gasteiger partial charge is 0.493 e. The van der Waals surface area contributed by atoms with Gasteiger partial charge in [-0.25, -0.2) is 0 Å². The highest BCUT2D eigenvalue weighted by Crippen LogP contribution is 2.60. The van der Waals surface area contributed by atoms with Gasteiger partial charge in [-0.15, -0.1) is 12.4 Å². The Kier molecular flexibility index (Phi) is 6.27. The first kappa shape index (κ1) is 18.0. The summed E-state index contributed by atoms with van der Waals surface area (Å²) in [6.07, 6.45) is 1.88. The minimum Gasteiger partial charge on any atom is -0.493 e. The van der Waals surface area contributed by atoms with Crippen molar-refractivity contribution in [2.75, 3.05) is 40.0 Å². The van der Waals surface area contributed by atoms with Gasteiger partial charge < -0.3 is 20.1 Å². The average Bonchev–Trinajstić information content (AvgIpc) is 3.26. The third-order valence-electron chi connectivity index (χ3n) is 4.70. The van der Waals surface area contributed by atoms with E-state index < -0.39 is 0 Å². The van der Waals surface area contributed by atoms with Gasteiger partial charge in [0.25, 0.3) is 0 Å². The van der Waals surface area contributed by atoms with Crippen LogP contribution in [0.2, 0.25) is 0 Å². The number of amides is 1. The lowest BCUT2D eigenvalue weighted by molar-refractivity contribution is -0.122. The van der Waals surface area contributed by atoms with Crippen molar-refractivity contribution in [1.29, 1.82) is 0 Å². The average molecular weight is 341 g/mol. The van der Waals surface area contributed by atoms with Crippen molar-refractivity contribution in [3.05, 3.63) is 29.8 Å². The van der Waals surface area contributed by atoms with Gasteiger partial charge in [0.1, 0.15) is 5.75 Å². The van der Waals surface area contributed by atoms with Gasteiger partial charge in [-0.1, -0.05) is 18.2 Å².